The Morgan fingerprint density at radius 2 is 1.36 bits per heavy atom. The first-order valence-corrected chi connectivity index (χ1v) is 16.0. The third-order valence-electron chi connectivity index (χ3n) is 7.76. The van der Waals surface area contributed by atoms with Crippen LogP contribution in [0.25, 0.3) is 52.4 Å². The van der Waals surface area contributed by atoms with Crippen molar-refractivity contribution in [2.45, 2.75) is 59.6 Å². The van der Waals surface area contributed by atoms with Gasteiger partial charge in [-0.2, -0.15) is 0 Å². The fourth-order valence-corrected chi connectivity index (χ4v) is 8.40. The van der Waals surface area contributed by atoms with Crippen molar-refractivity contribution in [2.24, 2.45) is 5.41 Å². The molecule has 0 unspecified atom stereocenters. The zero-order valence-corrected chi connectivity index (χ0v) is 26.5. The van der Waals surface area contributed by atoms with E-state index in [2.05, 4.69) is 76.9 Å². The van der Waals surface area contributed by atoms with Crippen LogP contribution in [-0.2, 0) is 18.0 Å². The first-order valence-electron chi connectivity index (χ1n) is 14.2. The molecule has 6 aromatic rings. The number of nitrogens with zero attached hydrogens (tertiary/aromatic N) is 1. The van der Waals surface area contributed by atoms with Crippen molar-refractivity contribution in [3.05, 3.63) is 102 Å². The van der Waals surface area contributed by atoms with E-state index in [1.165, 1.54) is 15.2 Å². The van der Waals surface area contributed by atoms with Gasteiger partial charge in [0.1, 0.15) is 0 Å². The molecule has 0 radical (unpaired) electrons. The molecule has 0 spiro atoms. The zero-order valence-electron chi connectivity index (χ0n) is 24.8. The third-order valence-corrected chi connectivity index (χ3v) is 10.1. The molecule has 0 aliphatic carbocycles. The number of fused-ring (bicyclic) bond motifs is 4. The Hall–Kier alpha value is -3.40. The fourth-order valence-electron chi connectivity index (χ4n) is 5.87. The van der Waals surface area contributed by atoms with Crippen molar-refractivity contribution in [1.82, 2.24) is 4.98 Å². The van der Waals surface area contributed by atoms with E-state index in [9.17, 15) is 13.2 Å². The second-order valence-electron chi connectivity index (χ2n) is 13.5. The van der Waals surface area contributed by atoms with Gasteiger partial charge in [0.15, 0.2) is 0 Å². The van der Waals surface area contributed by atoms with E-state index < -0.39 is 11.7 Å². The number of aromatic nitrogens is 1. The standard InChI is InChI=1S/C37H34F3NSe/c1-35(2,3)20-22-11-13-27-28-14-12-24(18-34(28)42-33(27)15-22)29-19-32(41-21-31(29)37(38,39)40)25-16-23-9-7-8-10-26(23)30(17-25)36(4,5)6/h7-19,21H,20H2,1-6H3. The number of pyridine rings is 1. The van der Waals surface area contributed by atoms with Crippen LogP contribution in [0.15, 0.2) is 85.1 Å². The summed E-state index contributed by atoms with van der Waals surface area (Å²) in [6.07, 6.45) is -2.53. The Morgan fingerprint density at radius 3 is 2.05 bits per heavy atom. The molecule has 0 saturated heterocycles. The van der Waals surface area contributed by atoms with Crippen molar-refractivity contribution in [1.29, 1.82) is 0 Å². The zero-order chi connectivity index (χ0) is 30.0. The molecule has 2 aromatic heterocycles. The molecular formula is C37H34F3NSe. The van der Waals surface area contributed by atoms with Crippen molar-refractivity contribution in [2.75, 3.05) is 0 Å². The fraction of sp³-hybridized carbons (Fsp3) is 0.270. The van der Waals surface area contributed by atoms with Gasteiger partial charge in [-0.1, -0.05) is 0 Å². The van der Waals surface area contributed by atoms with Crippen molar-refractivity contribution in [3.8, 4) is 22.4 Å². The molecule has 0 N–H and O–H groups in total. The summed E-state index contributed by atoms with van der Waals surface area (Å²) in [4.78, 5) is 4.36. The Balaban J connectivity index is 1.51. The van der Waals surface area contributed by atoms with E-state index in [-0.39, 0.29) is 30.9 Å². The van der Waals surface area contributed by atoms with Crippen LogP contribution in [0, 0.1) is 5.41 Å². The van der Waals surface area contributed by atoms with E-state index >= 15 is 0 Å². The predicted molar refractivity (Wildman–Crippen MR) is 171 cm³/mol. The number of rotatable bonds is 3. The Labute approximate surface area is 251 Å². The molecule has 5 heteroatoms. The summed E-state index contributed by atoms with van der Waals surface area (Å²) < 4.78 is 45.4. The molecule has 4 aromatic carbocycles. The van der Waals surface area contributed by atoms with Crippen LogP contribution in [-0.4, -0.2) is 19.5 Å². The minimum absolute atomic E-state index is 0.0305. The number of alkyl halides is 3. The van der Waals surface area contributed by atoms with Gasteiger partial charge in [-0.15, -0.1) is 0 Å². The van der Waals surface area contributed by atoms with Gasteiger partial charge in [0, 0.05) is 0 Å². The SMILES string of the molecule is CC(C)(C)Cc1ccc2c(c1)[se]c1cc(-c3cc(-c4cc(C(C)(C)C)c5ccccc5c4)ncc3C(F)(F)F)ccc12. The summed E-state index contributed by atoms with van der Waals surface area (Å²) in [5.74, 6) is 0. The minimum atomic E-state index is -4.52. The van der Waals surface area contributed by atoms with Crippen LogP contribution in [0.4, 0.5) is 13.2 Å². The van der Waals surface area contributed by atoms with Gasteiger partial charge in [-0.25, -0.2) is 0 Å². The number of hydrogen-bond acceptors (Lipinski definition) is 1. The Bertz CT molecular complexity index is 1970. The Kier molecular flexibility index (Phi) is 6.91. The molecule has 42 heavy (non-hydrogen) atoms. The van der Waals surface area contributed by atoms with Crippen molar-refractivity contribution in [3.63, 3.8) is 0 Å². The van der Waals surface area contributed by atoms with Crippen LogP contribution in [0.1, 0.15) is 58.2 Å². The molecule has 6 rings (SSSR count). The average molecular weight is 629 g/mol. The predicted octanol–water partition coefficient (Wildman–Crippen LogP) is 10.8. The summed E-state index contributed by atoms with van der Waals surface area (Å²) in [6, 6.07) is 26.3. The summed E-state index contributed by atoms with van der Waals surface area (Å²) >= 11 is 0.0305. The van der Waals surface area contributed by atoms with Crippen molar-refractivity contribution >= 4 is 44.6 Å². The van der Waals surface area contributed by atoms with Gasteiger partial charge in [-0.3, -0.25) is 0 Å². The molecular weight excluding hydrogens is 594 g/mol. The molecule has 0 saturated carbocycles. The van der Waals surface area contributed by atoms with Crippen LogP contribution < -0.4 is 0 Å². The van der Waals surface area contributed by atoms with Crippen molar-refractivity contribution < 1.29 is 13.2 Å². The third kappa shape index (κ3) is 5.53. The summed E-state index contributed by atoms with van der Waals surface area (Å²) in [5.41, 5.74) is 3.88. The van der Waals surface area contributed by atoms with Crippen LogP contribution in [0.2, 0.25) is 0 Å². The molecule has 0 atom stereocenters. The number of halogens is 3. The molecule has 0 fully saturated rings. The summed E-state index contributed by atoms with van der Waals surface area (Å²) in [7, 11) is 0. The molecule has 1 nitrogen and oxygen atoms in total. The van der Waals surface area contributed by atoms with Gasteiger partial charge in [0.25, 0.3) is 0 Å². The van der Waals surface area contributed by atoms with E-state index in [1.807, 2.05) is 42.5 Å². The quantitative estimate of drug-likeness (QED) is 0.178. The van der Waals surface area contributed by atoms with E-state index in [1.54, 1.807) is 6.07 Å². The molecule has 214 valence electrons. The van der Waals surface area contributed by atoms with Gasteiger partial charge in [-0.05, 0) is 0 Å². The number of hydrogen-bond donors (Lipinski definition) is 0. The normalized spacial score (nSPS) is 13.0. The maximum absolute atomic E-state index is 14.3. The van der Waals surface area contributed by atoms with Gasteiger partial charge in [0.05, 0.1) is 0 Å². The monoisotopic (exact) mass is 629 g/mol. The first-order chi connectivity index (χ1) is 19.7. The average Bonchev–Trinajstić information content (AvgIpc) is 3.27. The van der Waals surface area contributed by atoms with E-state index in [0.717, 1.165) is 44.2 Å². The van der Waals surface area contributed by atoms with Gasteiger partial charge < -0.3 is 0 Å². The molecule has 0 aliphatic heterocycles. The molecule has 0 aliphatic rings. The summed E-state index contributed by atoms with van der Waals surface area (Å²) in [5, 5.41) is 4.52. The molecule has 2 heterocycles. The van der Waals surface area contributed by atoms with Crippen LogP contribution >= 0.6 is 0 Å². The van der Waals surface area contributed by atoms with Crippen LogP contribution in [0.5, 0.6) is 0 Å². The van der Waals surface area contributed by atoms with E-state index in [0.29, 0.717) is 11.3 Å². The number of benzene rings is 4. The second kappa shape index (κ2) is 10.1. The first kappa shape index (κ1) is 28.7. The summed E-state index contributed by atoms with van der Waals surface area (Å²) in [6.45, 7) is 13.2. The topological polar surface area (TPSA) is 12.9 Å². The van der Waals surface area contributed by atoms with Gasteiger partial charge >= 0.3 is 252 Å². The maximum atomic E-state index is 14.3. The molecule has 0 amide bonds. The molecule has 0 bridgehead atoms. The van der Waals surface area contributed by atoms with E-state index in [4.69, 9.17) is 0 Å². The second-order valence-corrected chi connectivity index (χ2v) is 15.8. The Morgan fingerprint density at radius 1 is 0.667 bits per heavy atom. The van der Waals surface area contributed by atoms with Crippen LogP contribution in [0.3, 0.4) is 0 Å². The van der Waals surface area contributed by atoms with Gasteiger partial charge in [0.2, 0.25) is 0 Å².